The van der Waals surface area contributed by atoms with Crippen LogP contribution >= 0.6 is 0 Å². The summed E-state index contributed by atoms with van der Waals surface area (Å²) < 4.78 is 11.6. The van der Waals surface area contributed by atoms with Crippen molar-refractivity contribution in [3.8, 4) is 11.6 Å². The van der Waals surface area contributed by atoms with Crippen LogP contribution in [0.25, 0.3) is 0 Å². The molecule has 1 saturated carbocycles. The van der Waals surface area contributed by atoms with E-state index in [-0.39, 0.29) is 12.2 Å². The molecule has 2 rings (SSSR count). The second-order valence-corrected chi connectivity index (χ2v) is 5.13. The number of nitrogens with two attached hydrogens (primary N) is 1. The van der Waals surface area contributed by atoms with E-state index >= 15 is 0 Å². The highest BCUT2D eigenvalue weighted by Crippen LogP contribution is 2.29. The number of aromatic nitrogens is 1. The van der Waals surface area contributed by atoms with Crippen LogP contribution in [0.3, 0.4) is 0 Å². The Balaban J connectivity index is 2.00. The normalized spacial score (nSPS) is 24.0. The van der Waals surface area contributed by atoms with Gasteiger partial charge in [0.25, 0.3) is 5.88 Å². The Morgan fingerprint density at radius 1 is 1.28 bits per heavy atom. The molecular formula is C14H22N2O2. The molecule has 4 heteroatoms. The second kappa shape index (κ2) is 6.05. The molecule has 0 bridgehead atoms. The van der Waals surface area contributed by atoms with Gasteiger partial charge in [-0.15, -0.1) is 0 Å². The lowest BCUT2D eigenvalue weighted by atomic mass is 9.94. The number of hydrogen-bond acceptors (Lipinski definition) is 4. The smallest absolute Gasteiger partial charge is 0.257 e. The van der Waals surface area contributed by atoms with E-state index < -0.39 is 0 Å². The third-order valence-corrected chi connectivity index (χ3v) is 3.10. The van der Waals surface area contributed by atoms with Crippen LogP contribution in [0.15, 0.2) is 18.3 Å². The zero-order chi connectivity index (χ0) is 13.0. The van der Waals surface area contributed by atoms with Crippen LogP contribution in [-0.4, -0.2) is 23.2 Å². The summed E-state index contributed by atoms with van der Waals surface area (Å²) in [5.41, 5.74) is 5.89. The van der Waals surface area contributed by atoms with Crippen molar-refractivity contribution in [1.29, 1.82) is 0 Å². The first-order valence-electron chi connectivity index (χ1n) is 6.69. The molecule has 1 fully saturated rings. The number of nitrogens with zero attached hydrogens (tertiary/aromatic N) is 1. The summed E-state index contributed by atoms with van der Waals surface area (Å²) in [6, 6.07) is 4.10. The van der Waals surface area contributed by atoms with Crippen LogP contribution in [0.2, 0.25) is 0 Å². The molecule has 0 radical (unpaired) electrons. The Bertz CT molecular complexity index is 374. The maximum Gasteiger partial charge on any atom is 0.257 e. The molecule has 0 aromatic carbocycles. The van der Waals surface area contributed by atoms with E-state index in [0.717, 1.165) is 31.4 Å². The number of ether oxygens (including phenoxy) is 2. The molecule has 0 saturated heterocycles. The lowest BCUT2D eigenvalue weighted by molar-refractivity contribution is 0.129. The Morgan fingerprint density at radius 2 is 2.00 bits per heavy atom. The molecule has 0 spiro atoms. The van der Waals surface area contributed by atoms with E-state index in [1.807, 2.05) is 26.0 Å². The molecule has 0 atom stereocenters. The van der Waals surface area contributed by atoms with Gasteiger partial charge < -0.3 is 15.2 Å². The fraction of sp³-hybridized carbons (Fsp3) is 0.643. The molecule has 0 unspecified atom stereocenters. The van der Waals surface area contributed by atoms with E-state index in [9.17, 15) is 0 Å². The van der Waals surface area contributed by atoms with Crippen molar-refractivity contribution in [1.82, 2.24) is 4.98 Å². The maximum atomic E-state index is 5.94. The zero-order valence-electron chi connectivity index (χ0n) is 11.1. The lowest BCUT2D eigenvalue weighted by Crippen LogP contribution is -2.32. The van der Waals surface area contributed by atoms with E-state index in [0.29, 0.717) is 11.9 Å². The second-order valence-electron chi connectivity index (χ2n) is 5.13. The Hall–Kier alpha value is -1.29. The van der Waals surface area contributed by atoms with Crippen LogP contribution in [0.5, 0.6) is 11.6 Å². The predicted molar refractivity (Wildman–Crippen MR) is 70.9 cm³/mol. The molecule has 1 aromatic heterocycles. The lowest BCUT2D eigenvalue weighted by Gasteiger charge is -2.27. The van der Waals surface area contributed by atoms with Gasteiger partial charge >= 0.3 is 0 Å². The average Bonchev–Trinajstić information content (AvgIpc) is 2.34. The van der Waals surface area contributed by atoms with Gasteiger partial charge in [-0.2, -0.15) is 0 Å². The monoisotopic (exact) mass is 250 g/mol. The highest BCUT2D eigenvalue weighted by molar-refractivity contribution is 5.32. The minimum atomic E-state index is 0.122. The quantitative estimate of drug-likeness (QED) is 0.892. The molecule has 18 heavy (non-hydrogen) atoms. The van der Waals surface area contributed by atoms with E-state index in [1.165, 1.54) is 0 Å². The minimum Gasteiger partial charge on any atom is -0.485 e. The van der Waals surface area contributed by atoms with Crippen molar-refractivity contribution in [3.05, 3.63) is 18.3 Å². The SMILES string of the molecule is CC(C)Oc1cccnc1OC1CCC(N)CC1. The third kappa shape index (κ3) is 3.60. The molecule has 0 amide bonds. The fourth-order valence-corrected chi connectivity index (χ4v) is 2.17. The van der Waals surface area contributed by atoms with Gasteiger partial charge in [0, 0.05) is 12.2 Å². The van der Waals surface area contributed by atoms with Crippen LogP contribution in [-0.2, 0) is 0 Å². The van der Waals surface area contributed by atoms with Crippen molar-refractivity contribution in [2.75, 3.05) is 0 Å². The standard InChI is InChI=1S/C14H22N2O2/c1-10(2)17-13-4-3-9-16-14(13)18-12-7-5-11(15)6-8-12/h3-4,9-12H,5-8,15H2,1-2H3. The van der Waals surface area contributed by atoms with Crippen LogP contribution in [0.4, 0.5) is 0 Å². The Morgan fingerprint density at radius 3 is 2.67 bits per heavy atom. The first kappa shape index (κ1) is 13.1. The van der Waals surface area contributed by atoms with Crippen molar-refractivity contribution in [3.63, 3.8) is 0 Å². The summed E-state index contributed by atoms with van der Waals surface area (Å²) in [6.07, 6.45) is 6.12. The van der Waals surface area contributed by atoms with E-state index in [4.69, 9.17) is 15.2 Å². The van der Waals surface area contributed by atoms with Crippen molar-refractivity contribution in [2.45, 2.75) is 57.8 Å². The summed E-state index contributed by atoms with van der Waals surface area (Å²) >= 11 is 0. The Kier molecular flexibility index (Phi) is 4.42. The maximum absolute atomic E-state index is 5.94. The average molecular weight is 250 g/mol. The topological polar surface area (TPSA) is 57.4 Å². The van der Waals surface area contributed by atoms with Gasteiger partial charge in [0.2, 0.25) is 0 Å². The summed E-state index contributed by atoms with van der Waals surface area (Å²) in [6.45, 7) is 3.99. The molecule has 1 aromatic rings. The van der Waals surface area contributed by atoms with Crippen molar-refractivity contribution < 1.29 is 9.47 Å². The first-order chi connectivity index (χ1) is 8.65. The van der Waals surface area contributed by atoms with Gasteiger partial charge in [-0.3, -0.25) is 0 Å². The van der Waals surface area contributed by atoms with E-state index in [2.05, 4.69) is 4.98 Å². The van der Waals surface area contributed by atoms with Crippen LogP contribution < -0.4 is 15.2 Å². The number of pyridine rings is 1. The zero-order valence-corrected chi connectivity index (χ0v) is 11.1. The van der Waals surface area contributed by atoms with Crippen LogP contribution in [0.1, 0.15) is 39.5 Å². The van der Waals surface area contributed by atoms with Gasteiger partial charge in [0.05, 0.1) is 6.10 Å². The molecule has 1 heterocycles. The largest absolute Gasteiger partial charge is 0.485 e. The van der Waals surface area contributed by atoms with Gasteiger partial charge in [-0.1, -0.05) is 0 Å². The van der Waals surface area contributed by atoms with Crippen molar-refractivity contribution in [2.24, 2.45) is 5.73 Å². The van der Waals surface area contributed by atoms with Crippen LogP contribution in [0, 0.1) is 0 Å². The van der Waals surface area contributed by atoms with E-state index in [1.54, 1.807) is 6.20 Å². The molecule has 1 aliphatic rings. The molecule has 0 aliphatic heterocycles. The molecular weight excluding hydrogens is 228 g/mol. The first-order valence-corrected chi connectivity index (χ1v) is 6.69. The molecule has 100 valence electrons. The van der Waals surface area contributed by atoms with Crippen molar-refractivity contribution >= 4 is 0 Å². The van der Waals surface area contributed by atoms with Gasteiger partial charge in [-0.25, -0.2) is 4.98 Å². The minimum absolute atomic E-state index is 0.122. The molecule has 2 N–H and O–H groups in total. The fourth-order valence-electron chi connectivity index (χ4n) is 2.17. The highest BCUT2D eigenvalue weighted by atomic mass is 16.5. The van der Waals surface area contributed by atoms with Gasteiger partial charge in [0.1, 0.15) is 6.10 Å². The number of hydrogen-bond donors (Lipinski definition) is 1. The third-order valence-electron chi connectivity index (χ3n) is 3.10. The highest BCUT2D eigenvalue weighted by Gasteiger charge is 2.21. The Labute approximate surface area is 108 Å². The predicted octanol–water partition coefficient (Wildman–Crippen LogP) is 2.52. The summed E-state index contributed by atoms with van der Waals surface area (Å²) in [4.78, 5) is 4.27. The molecule has 4 nitrogen and oxygen atoms in total. The van der Waals surface area contributed by atoms with Gasteiger partial charge in [-0.05, 0) is 51.7 Å². The number of rotatable bonds is 4. The molecule has 1 aliphatic carbocycles. The summed E-state index contributed by atoms with van der Waals surface area (Å²) in [5.74, 6) is 1.33. The summed E-state index contributed by atoms with van der Waals surface area (Å²) in [7, 11) is 0. The summed E-state index contributed by atoms with van der Waals surface area (Å²) in [5, 5.41) is 0. The van der Waals surface area contributed by atoms with Gasteiger partial charge in [0.15, 0.2) is 5.75 Å².